The monoisotopic (exact) mass is 675 g/mol. The molecule has 45 heavy (non-hydrogen) atoms. The minimum absolute atomic E-state index is 0.0509. The number of hydrogen-bond acceptors (Lipinski definition) is 10. The van der Waals surface area contributed by atoms with Crippen LogP contribution in [0.4, 0.5) is 5.69 Å². The lowest BCUT2D eigenvalue weighted by Gasteiger charge is -2.26. The average Bonchev–Trinajstić information content (AvgIpc) is 3.47. The third kappa shape index (κ3) is 6.28. The van der Waals surface area contributed by atoms with E-state index in [2.05, 4.69) is 26.0 Å². The minimum Gasteiger partial charge on any atom is -0.490 e. The summed E-state index contributed by atoms with van der Waals surface area (Å²) >= 11 is 3.45. The smallest absolute Gasteiger partial charge is 0.315 e. The molecule has 0 atom stereocenters. The molecule has 13 nitrogen and oxygen atoms in total. The van der Waals surface area contributed by atoms with Gasteiger partial charge in [0.05, 0.1) is 41.9 Å². The molecular weight excluding hydrogens is 650 g/mol. The Balaban J connectivity index is 1.40. The van der Waals surface area contributed by atoms with Crippen LogP contribution in [-0.2, 0) is 9.53 Å². The summed E-state index contributed by atoms with van der Waals surface area (Å²) in [5.41, 5.74) is 0.397. The lowest BCUT2D eigenvalue weighted by molar-refractivity contribution is -0.385. The molecule has 0 saturated carbocycles. The highest BCUT2D eigenvalue weighted by atomic mass is 79.9. The second-order valence-electron chi connectivity index (χ2n) is 9.95. The van der Waals surface area contributed by atoms with Crippen LogP contribution in [0.2, 0.25) is 0 Å². The van der Waals surface area contributed by atoms with Gasteiger partial charge in [-0.2, -0.15) is 9.78 Å². The first-order valence-corrected chi connectivity index (χ1v) is 14.8. The van der Waals surface area contributed by atoms with E-state index in [-0.39, 0.29) is 35.4 Å². The molecule has 0 unspecified atom stereocenters. The fraction of sp³-hybridized carbons (Fsp3) is 0.226. The number of fused-ring (bicyclic) bond motifs is 2. The van der Waals surface area contributed by atoms with Crippen molar-refractivity contribution in [3.05, 3.63) is 91.2 Å². The summed E-state index contributed by atoms with van der Waals surface area (Å²) in [5, 5.41) is 17.7. The summed E-state index contributed by atoms with van der Waals surface area (Å²) in [6.07, 6.45) is 1.29. The van der Waals surface area contributed by atoms with Crippen LogP contribution in [0.3, 0.4) is 0 Å². The second-order valence-corrected chi connectivity index (χ2v) is 10.9. The summed E-state index contributed by atoms with van der Waals surface area (Å²) in [4.78, 5) is 44.1. The molecule has 0 aliphatic carbocycles. The number of amides is 1. The highest BCUT2D eigenvalue weighted by Crippen LogP contribution is 2.38. The first kappa shape index (κ1) is 30.0. The van der Waals surface area contributed by atoms with Crippen molar-refractivity contribution >= 4 is 55.6 Å². The number of aromatic nitrogens is 2. The number of carbonyl (C=O) groups excluding carboxylic acids is 1. The number of halogens is 1. The van der Waals surface area contributed by atoms with Crippen molar-refractivity contribution in [2.24, 2.45) is 5.10 Å². The molecule has 2 aromatic heterocycles. The molecular formula is C31H26BrN5O8. The van der Waals surface area contributed by atoms with E-state index in [0.717, 1.165) is 14.5 Å². The Bertz CT molecular complexity index is 2020. The number of nitro groups is 1. The quantitative estimate of drug-likeness (QED) is 0.119. The molecule has 6 rings (SSSR count). The third-order valence-electron chi connectivity index (χ3n) is 7.03. The number of ether oxygens (including phenoxy) is 3. The molecule has 1 saturated heterocycles. The zero-order valence-electron chi connectivity index (χ0n) is 24.0. The molecule has 1 aliphatic rings. The summed E-state index contributed by atoms with van der Waals surface area (Å²) in [6.45, 7) is 3.12. The third-order valence-corrected chi connectivity index (χ3v) is 7.53. The second kappa shape index (κ2) is 12.9. The number of morpholine rings is 1. The molecule has 3 aromatic carbocycles. The van der Waals surface area contributed by atoms with Crippen LogP contribution in [0.15, 0.2) is 79.4 Å². The number of para-hydroxylation sites is 1. The first-order valence-electron chi connectivity index (χ1n) is 14.0. The van der Waals surface area contributed by atoms with Crippen molar-refractivity contribution in [3.63, 3.8) is 0 Å². The van der Waals surface area contributed by atoms with Crippen LogP contribution in [-0.4, -0.2) is 71.1 Å². The van der Waals surface area contributed by atoms with Gasteiger partial charge in [-0.05, 0) is 49.4 Å². The molecule has 14 heteroatoms. The van der Waals surface area contributed by atoms with E-state index in [0.29, 0.717) is 48.5 Å². The number of hydrogen-bond donors (Lipinski definition) is 0. The van der Waals surface area contributed by atoms with Crippen LogP contribution in [0.25, 0.3) is 33.5 Å². The topological polar surface area (TPSA) is 152 Å². The number of nitrogens with zero attached hydrogens (tertiary/aromatic N) is 5. The van der Waals surface area contributed by atoms with Crippen LogP contribution in [0, 0.1) is 10.1 Å². The maximum absolute atomic E-state index is 13.7. The Morgan fingerprint density at radius 1 is 1.13 bits per heavy atom. The zero-order chi connectivity index (χ0) is 31.5. The van der Waals surface area contributed by atoms with Crippen LogP contribution in [0.5, 0.6) is 11.5 Å². The predicted molar refractivity (Wildman–Crippen MR) is 169 cm³/mol. The van der Waals surface area contributed by atoms with Crippen molar-refractivity contribution in [1.82, 2.24) is 14.6 Å². The van der Waals surface area contributed by atoms with Gasteiger partial charge < -0.3 is 23.5 Å². The van der Waals surface area contributed by atoms with E-state index in [1.165, 1.54) is 18.3 Å². The Morgan fingerprint density at radius 3 is 2.71 bits per heavy atom. The Morgan fingerprint density at radius 2 is 1.93 bits per heavy atom. The van der Waals surface area contributed by atoms with Crippen molar-refractivity contribution in [2.45, 2.75) is 6.92 Å². The minimum atomic E-state index is -0.629. The summed E-state index contributed by atoms with van der Waals surface area (Å²) in [6, 6.07) is 16.8. The number of furan rings is 1. The van der Waals surface area contributed by atoms with Crippen molar-refractivity contribution in [2.75, 3.05) is 39.5 Å². The molecule has 230 valence electrons. The lowest BCUT2D eigenvalue weighted by atomic mass is 10.2. The first-order chi connectivity index (χ1) is 21.8. The van der Waals surface area contributed by atoms with Crippen molar-refractivity contribution in [3.8, 4) is 23.1 Å². The van der Waals surface area contributed by atoms with Gasteiger partial charge in [0.25, 0.3) is 11.5 Å². The maximum Gasteiger partial charge on any atom is 0.315 e. The van der Waals surface area contributed by atoms with Crippen LogP contribution in [0.1, 0.15) is 12.5 Å². The van der Waals surface area contributed by atoms with Gasteiger partial charge in [-0.3, -0.25) is 19.7 Å². The molecule has 0 bridgehead atoms. The van der Waals surface area contributed by atoms with E-state index >= 15 is 0 Å². The molecule has 1 amide bonds. The van der Waals surface area contributed by atoms with Crippen LogP contribution >= 0.6 is 15.9 Å². The van der Waals surface area contributed by atoms with Crippen LogP contribution < -0.4 is 15.0 Å². The highest BCUT2D eigenvalue weighted by molar-refractivity contribution is 9.10. The van der Waals surface area contributed by atoms with Gasteiger partial charge >= 0.3 is 5.69 Å². The summed E-state index contributed by atoms with van der Waals surface area (Å²) in [5.74, 6) is -0.00948. The van der Waals surface area contributed by atoms with E-state index in [1.54, 1.807) is 48.2 Å². The predicted octanol–water partition coefficient (Wildman–Crippen LogP) is 5.00. The van der Waals surface area contributed by atoms with Gasteiger partial charge in [0.2, 0.25) is 11.6 Å². The van der Waals surface area contributed by atoms with E-state index < -0.39 is 22.8 Å². The van der Waals surface area contributed by atoms with E-state index in [1.807, 2.05) is 12.1 Å². The molecule has 3 heterocycles. The number of benzene rings is 3. The molecule has 0 spiro atoms. The van der Waals surface area contributed by atoms with Gasteiger partial charge in [-0.1, -0.05) is 28.1 Å². The largest absolute Gasteiger partial charge is 0.490 e. The SMILES string of the molecule is CCOc1cc(C=Nn2c(-c3cc4cc(Br)ccc4o3)nc3ccccc3c2=O)cc([N+](=O)[O-])c1OCC(=O)N1CCOCC1. The molecule has 1 aliphatic heterocycles. The molecule has 1 fully saturated rings. The van der Waals surface area contributed by atoms with E-state index in [9.17, 15) is 19.7 Å². The van der Waals surface area contributed by atoms with Crippen molar-refractivity contribution in [1.29, 1.82) is 0 Å². The van der Waals surface area contributed by atoms with Gasteiger partial charge in [-0.15, -0.1) is 0 Å². The molecule has 0 N–H and O–H groups in total. The fourth-order valence-corrected chi connectivity index (χ4v) is 5.28. The lowest BCUT2D eigenvalue weighted by Crippen LogP contribution is -2.43. The molecule has 5 aromatic rings. The zero-order valence-corrected chi connectivity index (χ0v) is 25.6. The number of nitro benzene ring substituents is 1. The normalized spacial score (nSPS) is 13.5. The highest BCUT2D eigenvalue weighted by Gasteiger charge is 2.25. The maximum atomic E-state index is 13.7. The number of carbonyl (C=O) groups is 1. The summed E-state index contributed by atoms with van der Waals surface area (Å²) in [7, 11) is 0. The Kier molecular flexibility index (Phi) is 8.58. The standard InChI is InChI=1S/C31H26BrN5O8/c1-2-43-26-14-19(13-24(37(40)41)29(26)44-18-28(38)35-9-11-42-12-10-35)17-33-36-30(34-23-6-4-3-5-22(23)31(36)39)27-16-20-15-21(32)7-8-25(20)45-27/h3-8,13-17H,2,9-12,18H2,1H3. The summed E-state index contributed by atoms with van der Waals surface area (Å²) < 4.78 is 24.6. The fourth-order valence-electron chi connectivity index (χ4n) is 4.90. The van der Waals surface area contributed by atoms with Gasteiger partial charge in [0, 0.05) is 34.6 Å². The van der Waals surface area contributed by atoms with E-state index in [4.69, 9.17) is 18.6 Å². The van der Waals surface area contributed by atoms with Crippen molar-refractivity contribution < 1.29 is 28.3 Å². The van der Waals surface area contributed by atoms with Gasteiger partial charge in [0.1, 0.15) is 5.58 Å². The Labute approximate surface area is 263 Å². The molecule has 0 radical (unpaired) electrons. The van der Waals surface area contributed by atoms with Gasteiger partial charge in [-0.25, -0.2) is 4.98 Å². The average molecular weight is 676 g/mol. The van der Waals surface area contributed by atoms with Gasteiger partial charge in [0.15, 0.2) is 18.1 Å². The Hall–Kier alpha value is -5.08. The number of rotatable bonds is 9.